The van der Waals surface area contributed by atoms with Crippen molar-refractivity contribution >= 4 is 61.4 Å². The van der Waals surface area contributed by atoms with E-state index < -0.39 is 0 Å². The number of halogens is 4. The molecule has 0 nitrogen and oxygen atoms in total. The first kappa shape index (κ1) is 10.2. The minimum atomic E-state index is -0.118. The van der Waals surface area contributed by atoms with Crippen LogP contribution in [0.5, 0.6) is 0 Å². The van der Waals surface area contributed by atoms with Crippen molar-refractivity contribution in [3.05, 3.63) is 18.9 Å². The molecule has 0 heterocycles. The van der Waals surface area contributed by atoms with Crippen LogP contribution in [0.25, 0.3) is 0 Å². The Balaban J connectivity index is 3.75. The van der Waals surface area contributed by atoms with Gasteiger partial charge in [-0.05, 0) is 0 Å². The summed E-state index contributed by atoms with van der Waals surface area (Å²) < 4.78 is 1.07. The Morgan fingerprint density at radius 2 is 1.33 bits per heavy atom. The zero-order valence-corrected chi connectivity index (χ0v) is 8.81. The molecule has 52 valence electrons. The molecule has 0 aromatic heterocycles. The van der Waals surface area contributed by atoms with E-state index in [9.17, 15) is 0 Å². The Labute approximate surface area is 79.9 Å². The van der Waals surface area contributed by atoms with Crippen LogP contribution in [0.1, 0.15) is 0 Å². The van der Waals surface area contributed by atoms with Crippen molar-refractivity contribution in [3.8, 4) is 0 Å². The molecular formula is C4H2Cl4Se. The molecule has 0 saturated heterocycles. The van der Waals surface area contributed by atoms with Gasteiger partial charge in [0, 0.05) is 0 Å². The molecule has 0 radical (unpaired) electrons. The molecule has 5 heteroatoms. The Morgan fingerprint density at radius 1 is 1.00 bits per heavy atom. The first-order valence-electron chi connectivity index (χ1n) is 1.80. The monoisotopic (exact) mass is 270 g/mol. The van der Waals surface area contributed by atoms with Gasteiger partial charge in [-0.2, -0.15) is 0 Å². The summed E-state index contributed by atoms with van der Waals surface area (Å²) in [5.41, 5.74) is 2.56. The van der Waals surface area contributed by atoms with Gasteiger partial charge in [0.05, 0.1) is 0 Å². The van der Waals surface area contributed by atoms with Gasteiger partial charge in [-0.25, -0.2) is 0 Å². The van der Waals surface area contributed by atoms with Crippen LogP contribution in [0.2, 0.25) is 0 Å². The number of rotatable bonds is 2. The normalized spacial score (nSPS) is 14.2. The fraction of sp³-hybridized carbons (Fsp3) is 0. The van der Waals surface area contributed by atoms with Gasteiger partial charge in [-0.3, -0.25) is 0 Å². The van der Waals surface area contributed by atoms with Crippen molar-refractivity contribution < 1.29 is 0 Å². The van der Waals surface area contributed by atoms with E-state index in [1.165, 1.54) is 11.1 Å². The second-order valence-corrected chi connectivity index (χ2v) is 5.47. The van der Waals surface area contributed by atoms with Crippen LogP contribution < -0.4 is 0 Å². The van der Waals surface area contributed by atoms with Crippen molar-refractivity contribution in [1.82, 2.24) is 0 Å². The third kappa shape index (κ3) is 5.60. The summed E-state index contributed by atoms with van der Waals surface area (Å²) in [7, 11) is 0. The summed E-state index contributed by atoms with van der Waals surface area (Å²) in [5, 5.41) is 0. The van der Waals surface area contributed by atoms with Crippen molar-refractivity contribution in [1.29, 1.82) is 0 Å². The molecule has 0 rings (SSSR count). The number of hydrogen-bond acceptors (Lipinski definition) is 0. The average molecular weight is 271 g/mol. The second kappa shape index (κ2) is 5.91. The summed E-state index contributed by atoms with van der Waals surface area (Å²) >= 11 is 21.4. The van der Waals surface area contributed by atoms with Crippen LogP contribution in [-0.2, 0) is 0 Å². The molecule has 0 bridgehead atoms. The number of hydrogen-bond donors (Lipinski definition) is 0. The third-order valence-electron chi connectivity index (χ3n) is 0.367. The van der Waals surface area contributed by atoms with E-state index in [-0.39, 0.29) is 15.0 Å². The summed E-state index contributed by atoms with van der Waals surface area (Å²) in [6.07, 6.45) is 0. The molecule has 0 amide bonds. The van der Waals surface area contributed by atoms with Crippen LogP contribution in [-0.4, -0.2) is 15.0 Å². The fourth-order valence-electron chi connectivity index (χ4n) is 0.138. The summed E-state index contributed by atoms with van der Waals surface area (Å²) in [5.74, 6) is 0. The van der Waals surface area contributed by atoms with Gasteiger partial charge in [0.1, 0.15) is 0 Å². The van der Waals surface area contributed by atoms with Crippen molar-refractivity contribution in [3.63, 3.8) is 0 Å². The SMILES string of the molecule is Cl/C=C(\Cl)[Se]/C(Cl)=C/Cl. The van der Waals surface area contributed by atoms with E-state index in [1.807, 2.05) is 0 Å². The van der Waals surface area contributed by atoms with Gasteiger partial charge in [0.15, 0.2) is 0 Å². The first-order valence-corrected chi connectivity index (χ1v) is 5.14. The molecule has 9 heavy (non-hydrogen) atoms. The molecule has 0 saturated carbocycles. The van der Waals surface area contributed by atoms with E-state index >= 15 is 0 Å². The quantitative estimate of drug-likeness (QED) is 0.676. The van der Waals surface area contributed by atoms with E-state index in [1.54, 1.807) is 0 Å². The third-order valence-corrected chi connectivity index (χ3v) is 3.95. The Bertz CT molecular complexity index is 124. The Hall–Kier alpha value is 1.16. The molecule has 0 atom stereocenters. The van der Waals surface area contributed by atoms with E-state index in [0.29, 0.717) is 7.86 Å². The van der Waals surface area contributed by atoms with Crippen LogP contribution in [0, 0.1) is 0 Å². The van der Waals surface area contributed by atoms with Gasteiger partial charge in [-0.15, -0.1) is 0 Å². The van der Waals surface area contributed by atoms with Crippen molar-refractivity contribution in [2.45, 2.75) is 0 Å². The fourth-order valence-corrected chi connectivity index (χ4v) is 2.25. The van der Waals surface area contributed by atoms with Crippen molar-refractivity contribution in [2.75, 3.05) is 0 Å². The van der Waals surface area contributed by atoms with E-state index in [0.717, 1.165) is 0 Å². The van der Waals surface area contributed by atoms with Crippen LogP contribution in [0.3, 0.4) is 0 Å². The van der Waals surface area contributed by atoms with Crippen LogP contribution in [0.4, 0.5) is 0 Å². The Kier molecular flexibility index (Phi) is 6.67. The summed E-state index contributed by atoms with van der Waals surface area (Å²) in [4.78, 5) is 0. The molecule has 0 fully saturated rings. The molecule has 0 N–H and O–H groups in total. The van der Waals surface area contributed by atoms with Gasteiger partial charge in [0.2, 0.25) is 0 Å². The zero-order chi connectivity index (χ0) is 7.28. The topological polar surface area (TPSA) is 0 Å². The van der Waals surface area contributed by atoms with Gasteiger partial charge >= 0.3 is 80.3 Å². The standard InChI is InChI=1S/C4H2Cl4Se/c5-1-3(7)9-4(8)2-6/h1-2H/b3-1+,4-2+. The predicted molar refractivity (Wildman–Crippen MR) is 45.3 cm³/mol. The molecule has 0 aliphatic carbocycles. The molecule has 0 unspecified atom stereocenters. The molecule has 0 aromatic carbocycles. The predicted octanol–water partition coefficient (Wildman–Crippen LogP) is 3.24. The zero-order valence-electron chi connectivity index (χ0n) is 4.07. The Morgan fingerprint density at radius 3 is 1.56 bits per heavy atom. The van der Waals surface area contributed by atoms with Crippen molar-refractivity contribution in [2.24, 2.45) is 0 Å². The maximum absolute atomic E-state index is 5.51. The molecular weight excluding hydrogens is 269 g/mol. The first-order chi connectivity index (χ1) is 4.20. The van der Waals surface area contributed by atoms with Crippen LogP contribution in [0.15, 0.2) is 18.9 Å². The van der Waals surface area contributed by atoms with Gasteiger partial charge < -0.3 is 0 Å². The maximum atomic E-state index is 5.51. The van der Waals surface area contributed by atoms with Gasteiger partial charge in [-0.1, -0.05) is 0 Å². The van der Waals surface area contributed by atoms with Crippen LogP contribution >= 0.6 is 46.4 Å². The summed E-state index contributed by atoms with van der Waals surface area (Å²) in [6, 6.07) is 0. The second-order valence-electron chi connectivity index (χ2n) is 0.929. The molecule has 0 aromatic rings. The average Bonchev–Trinajstić information content (AvgIpc) is 1.87. The minimum absolute atomic E-state index is 0.118. The molecule has 0 spiro atoms. The van der Waals surface area contributed by atoms with E-state index in [4.69, 9.17) is 46.4 Å². The molecule has 0 aliphatic heterocycles. The van der Waals surface area contributed by atoms with E-state index in [2.05, 4.69) is 0 Å². The summed E-state index contributed by atoms with van der Waals surface area (Å²) in [6.45, 7) is 0. The molecule has 0 aliphatic rings. The van der Waals surface area contributed by atoms with Gasteiger partial charge in [0.25, 0.3) is 0 Å².